The predicted octanol–water partition coefficient (Wildman–Crippen LogP) is 3.32. The number of amides is 1. The number of aliphatic hydroxyl groups excluding tert-OH is 1. The molecule has 1 aliphatic heterocycles. The van der Waals surface area contributed by atoms with Crippen LogP contribution in [0.25, 0.3) is 0 Å². The minimum atomic E-state index is -0.664. The number of carbonyl (C=O) groups excluding carboxylic acids is 1. The molecular weight excluding hydrogens is 434 g/mol. The Morgan fingerprint density at radius 1 is 1.38 bits per heavy atom. The van der Waals surface area contributed by atoms with Gasteiger partial charge in [-0.2, -0.15) is 4.98 Å². The zero-order valence-corrected chi connectivity index (χ0v) is 17.5. The second kappa shape index (κ2) is 7.96. The van der Waals surface area contributed by atoms with Gasteiger partial charge in [0.2, 0.25) is 5.95 Å². The summed E-state index contributed by atoms with van der Waals surface area (Å²) in [5.74, 6) is 0.967. The minimum absolute atomic E-state index is 0.0396. The lowest BCUT2D eigenvalue weighted by atomic mass is 9.86. The fraction of sp³-hybridized carbons (Fsp3) is 0.286. The number of benzene rings is 1. The van der Waals surface area contributed by atoms with Gasteiger partial charge in [-0.3, -0.25) is 4.79 Å². The van der Waals surface area contributed by atoms with Crippen LogP contribution in [0.4, 0.5) is 17.5 Å². The van der Waals surface area contributed by atoms with E-state index in [1.165, 1.54) is 0 Å². The van der Waals surface area contributed by atoms with E-state index in [2.05, 4.69) is 41.8 Å². The maximum Gasteiger partial charge on any atom is 0.251 e. The first kappa shape index (κ1) is 19.6. The molecule has 4 rings (SSSR count). The molecule has 0 spiro atoms. The van der Waals surface area contributed by atoms with Crippen LogP contribution >= 0.6 is 15.9 Å². The van der Waals surface area contributed by atoms with Crippen molar-refractivity contribution in [3.63, 3.8) is 0 Å². The first-order chi connectivity index (χ1) is 14.0. The molecule has 2 heterocycles. The van der Waals surface area contributed by atoms with Crippen LogP contribution in [0.3, 0.4) is 0 Å². The van der Waals surface area contributed by atoms with E-state index in [0.717, 1.165) is 17.7 Å². The van der Waals surface area contributed by atoms with Gasteiger partial charge in [0.05, 0.1) is 16.1 Å². The monoisotopic (exact) mass is 455 g/mol. The Kier molecular flexibility index (Phi) is 5.38. The number of hydrogen-bond donors (Lipinski definition) is 4. The Morgan fingerprint density at radius 3 is 3.03 bits per heavy atom. The van der Waals surface area contributed by atoms with Crippen LogP contribution in [-0.4, -0.2) is 39.2 Å². The Balaban J connectivity index is 1.58. The maximum absolute atomic E-state index is 11.9. The summed E-state index contributed by atoms with van der Waals surface area (Å²) in [6, 6.07) is 5.61. The summed E-state index contributed by atoms with van der Waals surface area (Å²) in [4.78, 5) is 20.8. The molecule has 1 aromatic heterocycles. The van der Waals surface area contributed by atoms with Crippen LogP contribution < -0.4 is 16.0 Å². The number of aromatic nitrogens is 2. The van der Waals surface area contributed by atoms with Crippen LogP contribution in [0.15, 0.2) is 53.2 Å². The lowest BCUT2D eigenvalue weighted by Gasteiger charge is -2.36. The third-order valence-electron chi connectivity index (χ3n) is 5.29. The number of nitrogens with one attached hydrogen (secondary N) is 3. The molecule has 0 radical (unpaired) electrons. The smallest absolute Gasteiger partial charge is 0.251 e. The average Bonchev–Trinajstić information content (AvgIpc) is 2.72. The standard InChI is InChI=1S/C21H22BrN5O2/c1-2-21(9-4-3-5-17(21)28)27-18-16(22)12-24-20(26-18)25-14-6-7-15-13(11-14)8-10-23-19(15)29/h3-7,9,11-12,17,28H,2,8,10H2,1H3,(H,23,29)(H2,24,25,26,27)/t17?,21-/m0/s1. The summed E-state index contributed by atoms with van der Waals surface area (Å²) in [5, 5.41) is 19.9. The minimum Gasteiger partial charge on any atom is -0.386 e. The van der Waals surface area contributed by atoms with Crippen molar-refractivity contribution >= 4 is 39.3 Å². The van der Waals surface area contributed by atoms with Gasteiger partial charge in [0.25, 0.3) is 5.91 Å². The fourth-order valence-electron chi connectivity index (χ4n) is 3.57. The SMILES string of the molecule is CC[C@]1(Nc2nc(Nc3ccc4c(c3)CCNC4=O)ncc2Br)C=CC=CC1O. The zero-order chi connectivity index (χ0) is 20.4. The molecule has 1 amide bonds. The van der Waals surface area contributed by atoms with Gasteiger partial charge >= 0.3 is 0 Å². The molecule has 2 aromatic rings. The number of aliphatic hydroxyl groups is 1. The highest BCUT2D eigenvalue weighted by Gasteiger charge is 2.34. The highest BCUT2D eigenvalue weighted by molar-refractivity contribution is 9.10. The maximum atomic E-state index is 11.9. The summed E-state index contributed by atoms with van der Waals surface area (Å²) in [5.41, 5.74) is 1.89. The van der Waals surface area contributed by atoms with E-state index in [9.17, 15) is 9.90 Å². The lowest BCUT2D eigenvalue weighted by molar-refractivity contribution is 0.0946. The van der Waals surface area contributed by atoms with Gasteiger partial charge in [-0.15, -0.1) is 0 Å². The number of fused-ring (bicyclic) bond motifs is 1. The molecule has 7 nitrogen and oxygen atoms in total. The molecule has 1 aromatic carbocycles. The van der Waals surface area contributed by atoms with Gasteiger partial charge in [0.1, 0.15) is 5.82 Å². The highest BCUT2D eigenvalue weighted by atomic mass is 79.9. The molecular formula is C21H22BrN5O2. The molecule has 1 aliphatic carbocycles. The lowest BCUT2D eigenvalue weighted by Crippen LogP contribution is -2.47. The molecule has 2 aliphatic rings. The molecule has 150 valence electrons. The average molecular weight is 456 g/mol. The summed E-state index contributed by atoms with van der Waals surface area (Å²) in [6.07, 6.45) is 9.94. The van der Waals surface area contributed by atoms with E-state index in [1.807, 2.05) is 43.4 Å². The Morgan fingerprint density at radius 2 is 2.24 bits per heavy atom. The summed E-state index contributed by atoms with van der Waals surface area (Å²) in [7, 11) is 0. The van der Waals surface area contributed by atoms with E-state index < -0.39 is 11.6 Å². The Bertz CT molecular complexity index is 1010. The molecule has 8 heteroatoms. The van der Waals surface area contributed by atoms with Gasteiger partial charge < -0.3 is 21.1 Å². The predicted molar refractivity (Wildman–Crippen MR) is 116 cm³/mol. The van der Waals surface area contributed by atoms with Crippen molar-refractivity contribution in [2.45, 2.75) is 31.4 Å². The molecule has 29 heavy (non-hydrogen) atoms. The second-order valence-corrected chi connectivity index (χ2v) is 7.96. The van der Waals surface area contributed by atoms with Gasteiger partial charge in [-0.25, -0.2) is 4.98 Å². The Hall–Kier alpha value is -2.71. The molecule has 1 unspecified atom stereocenters. The van der Waals surface area contributed by atoms with E-state index in [4.69, 9.17) is 0 Å². The van der Waals surface area contributed by atoms with Gasteiger partial charge in [-0.1, -0.05) is 31.2 Å². The fourth-order valence-corrected chi connectivity index (χ4v) is 3.86. The van der Waals surface area contributed by atoms with Crippen molar-refractivity contribution in [1.29, 1.82) is 0 Å². The van der Waals surface area contributed by atoms with E-state index >= 15 is 0 Å². The third kappa shape index (κ3) is 3.90. The van der Waals surface area contributed by atoms with Gasteiger partial charge in [0, 0.05) is 24.0 Å². The van der Waals surface area contributed by atoms with Crippen molar-refractivity contribution in [3.05, 3.63) is 64.3 Å². The quantitative estimate of drug-likeness (QED) is 0.551. The van der Waals surface area contributed by atoms with Crippen LogP contribution in [0.1, 0.15) is 29.3 Å². The van der Waals surface area contributed by atoms with Crippen molar-refractivity contribution in [2.24, 2.45) is 0 Å². The number of halogens is 1. The summed E-state index contributed by atoms with van der Waals surface area (Å²) in [6.45, 7) is 2.65. The molecule has 0 saturated heterocycles. The molecule has 4 N–H and O–H groups in total. The first-order valence-electron chi connectivity index (χ1n) is 9.54. The first-order valence-corrected chi connectivity index (χ1v) is 10.3. The van der Waals surface area contributed by atoms with Crippen LogP contribution in [-0.2, 0) is 6.42 Å². The van der Waals surface area contributed by atoms with Crippen LogP contribution in [0, 0.1) is 0 Å². The normalized spacial score (nSPS) is 22.7. The summed E-state index contributed by atoms with van der Waals surface area (Å²) >= 11 is 3.49. The van der Waals surface area contributed by atoms with Gasteiger partial charge in [-0.05, 0) is 52.5 Å². The molecule has 2 atom stereocenters. The van der Waals surface area contributed by atoms with Crippen LogP contribution in [0.5, 0.6) is 0 Å². The van der Waals surface area contributed by atoms with Gasteiger partial charge in [0.15, 0.2) is 0 Å². The number of anilines is 3. The third-order valence-corrected chi connectivity index (χ3v) is 5.87. The number of allylic oxidation sites excluding steroid dienone is 2. The van der Waals surface area contributed by atoms with Crippen molar-refractivity contribution < 1.29 is 9.90 Å². The van der Waals surface area contributed by atoms with E-state index in [-0.39, 0.29) is 5.91 Å². The number of carbonyl (C=O) groups is 1. The van der Waals surface area contributed by atoms with Crippen molar-refractivity contribution in [3.8, 4) is 0 Å². The number of nitrogens with zero attached hydrogens (tertiary/aromatic N) is 2. The van der Waals surface area contributed by atoms with E-state index in [0.29, 0.717) is 34.8 Å². The van der Waals surface area contributed by atoms with Crippen LogP contribution in [0.2, 0.25) is 0 Å². The largest absolute Gasteiger partial charge is 0.386 e. The van der Waals surface area contributed by atoms with Crippen molar-refractivity contribution in [2.75, 3.05) is 17.2 Å². The second-order valence-electron chi connectivity index (χ2n) is 7.10. The number of rotatable bonds is 5. The molecule has 0 fully saturated rings. The molecule has 0 saturated carbocycles. The molecule has 0 bridgehead atoms. The topological polar surface area (TPSA) is 99.2 Å². The number of hydrogen-bond acceptors (Lipinski definition) is 6. The van der Waals surface area contributed by atoms with E-state index in [1.54, 1.807) is 12.3 Å². The zero-order valence-electron chi connectivity index (χ0n) is 15.9. The Labute approximate surface area is 177 Å². The summed E-state index contributed by atoms with van der Waals surface area (Å²) < 4.78 is 0.702. The van der Waals surface area contributed by atoms with Crippen molar-refractivity contribution in [1.82, 2.24) is 15.3 Å². The highest BCUT2D eigenvalue weighted by Crippen LogP contribution is 2.31.